The van der Waals surface area contributed by atoms with Gasteiger partial charge >= 0.3 is 0 Å². The topological polar surface area (TPSA) is 87.7 Å². The minimum Gasteiger partial charge on any atom is -0.343 e. The van der Waals surface area contributed by atoms with Crippen LogP contribution in [0.15, 0.2) is 6.33 Å². The van der Waals surface area contributed by atoms with Crippen LogP contribution in [0.4, 0.5) is 5.82 Å². The summed E-state index contributed by atoms with van der Waals surface area (Å²) in [5.41, 5.74) is 2.45. The maximum absolute atomic E-state index is 12.6. The van der Waals surface area contributed by atoms with Crippen molar-refractivity contribution in [2.75, 3.05) is 5.32 Å². The lowest BCUT2D eigenvalue weighted by atomic mass is 9.53. The summed E-state index contributed by atoms with van der Waals surface area (Å²) >= 11 is 0. The van der Waals surface area contributed by atoms with Crippen LogP contribution in [-0.2, 0) is 9.59 Å². The number of Topliss-reactive ketones (excluding diaryl/α,β-unsaturated/α-hetero) is 1. The van der Waals surface area contributed by atoms with Crippen molar-refractivity contribution in [3.63, 3.8) is 0 Å². The first-order chi connectivity index (χ1) is 10.7. The second kappa shape index (κ2) is 5.15. The Morgan fingerprint density at radius 2 is 1.96 bits per heavy atom. The first-order valence-corrected chi connectivity index (χ1v) is 7.84. The summed E-state index contributed by atoms with van der Waals surface area (Å²) in [6.45, 7) is 9.50. The highest BCUT2D eigenvalue weighted by Crippen LogP contribution is 2.52. The normalized spacial score (nSPS) is 22.7. The molecular formula is C17H22N4O2. The number of nitrogens with zero attached hydrogens (tertiary/aromatic N) is 2. The van der Waals surface area contributed by atoms with Gasteiger partial charge in [-0.25, -0.2) is 9.97 Å². The van der Waals surface area contributed by atoms with Crippen molar-refractivity contribution in [2.24, 2.45) is 17.3 Å². The minimum absolute atomic E-state index is 0.0418. The zero-order valence-corrected chi connectivity index (χ0v) is 14.2. The summed E-state index contributed by atoms with van der Waals surface area (Å²) in [5, 5.41) is 3.78. The highest BCUT2D eigenvalue weighted by atomic mass is 16.2. The van der Waals surface area contributed by atoms with Crippen LogP contribution in [0.3, 0.4) is 0 Å². The zero-order chi connectivity index (χ0) is 16.9. The molecule has 0 unspecified atom stereocenters. The maximum atomic E-state index is 12.6. The third-order valence-electron chi connectivity index (χ3n) is 5.41. The number of hydrogen-bond acceptors (Lipinski definition) is 4. The Morgan fingerprint density at radius 3 is 2.57 bits per heavy atom. The molecule has 6 heteroatoms. The molecule has 0 radical (unpaired) electrons. The molecule has 2 N–H and O–H groups in total. The summed E-state index contributed by atoms with van der Waals surface area (Å²) in [5.74, 6) is 0.386. The highest BCUT2D eigenvalue weighted by Gasteiger charge is 2.53. The van der Waals surface area contributed by atoms with Gasteiger partial charge in [-0.2, -0.15) is 0 Å². The van der Waals surface area contributed by atoms with Crippen LogP contribution in [-0.4, -0.2) is 26.6 Å². The molecule has 1 saturated carbocycles. The smallest absolute Gasteiger partial charge is 0.229 e. The van der Waals surface area contributed by atoms with E-state index >= 15 is 0 Å². The van der Waals surface area contributed by atoms with Crippen molar-refractivity contribution >= 4 is 28.5 Å². The Labute approximate surface area is 135 Å². The highest BCUT2D eigenvalue weighted by molar-refractivity contribution is 6.02. The molecule has 23 heavy (non-hydrogen) atoms. The number of H-pyrrole nitrogens is 1. The quantitative estimate of drug-likeness (QED) is 0.912. The van der Waals surface area contributed by atoms with Gasteiger partial charge in [-0.15, -0.1) is 0 Å². The van der Waals surface area contributed by atoms with Crippen LogP contribution in [0, 0.1) is 31.1 Å². The summed E-state index contributed by atoms with van der Waals surface area (Å²) in [6.07, 6.45) is 2.05. The summed E-state index contributed by atoms with van der Waals surface area (Å²) < 4.78 is 0. The fraction of sp³-hybridized carbons (Fsp3) is 0.529. The fourth-order valence-electron chi connectivity index (χ4n) is 3.65. The SMILES string of the molecule is CC(=O)[C@@H]1C[C@H](C(=O)Nc2ncnc3[nH]c(C)c(C)c23)C1(C)C. The van der Waals surface area contributed by atoms with Gasteiger partial charge in [0.2, 0.25) is 5.91 Å². The summed E-state index contributed by atoms with van der Waals surface area (Å²) in [6, 6.07) is 0. The zero-order valence-electron chi connectivity index (χ0n) is 14.2. The molecule has 2 aromatic rings. The largest absolute Gasteiger partial charge is 0.343 e. The van der Waals surface area contributed by atoms with Crippen molar-refractivity contribution < 1.29 is 9.59 Å². The number of aryl methyl sites for hydroxylation is 2. The molecule has 3 rings (SSSR count). The first-order valence-electron chi connectivity index (χ1n) is 7.84. The third kappa shape index (κ3) is 2.33. The first kappa shape index (κ1) is 15.6. The molecule has 1 aliphatic rings. The van der Waals surface area contributed by atoms with Gasteiger partial charge < -0.3 is 10.3 Å². The van der Waals surface area contributed by atoms with E-state index in [9.17, 15) is 9.59 Å². The molecule has 0 bridgehead atoms. The van der Waals surface area contributed by atoms with Crippen LogP contribution in [0.1, 0.15) is 38.4 Å². The predicted octanol–water partition coefficient (Wildman–Crippen LogP) is 2.76. The number of carbonyl (C=O) groups excluding carboxylic acids is 2. The number of nitrogens with one attached hydrogen (secondary N) is 2. The number of rotatable bonds is 3. The molecule has 2 atom stereocenters. The van der Waals surface area contributed by atoms with E-state index in [1.807, 2.05) is 27.7 Å². The molecule has 1 aliphatic carbocycles. The second-order valence-electron chi connectivity index (χ2n) is 7.08. The Bertz CT molecular complexity index is 806. The second-order valence-corrected chi connectivity index (χ2v) is 7.08. The molecule has 1 fully saturated rings. The Kier molecular flexibility index (Phi) is 3.50. The lowest BCUT2D eigenvalue weighted by Gasteiger charge is -2.49. The van der Waals surface area contributed by atoms with Gasteiger partial charge in [0.15, 0.2) is 0 Å². The van der Waals surface area contributed by atoms with Crippen LogP contribution in [0.25, 0.3) is 11.0 Å². The predicted molar refractivity (Wildman–Crippen MR) is 88.1 cm³/mol. The van der Waals surface area contributed by atoms with E-state index < -0.39 is 0 Å². The molecule has 0 saturated heterocycles. The van der Waals surface area contributed by atoms with Crippen molar-refractivity contribution in [3.05, 3.63) is 17.6 Å². The number of fused-ring (bicyclic) bond motifs is 1. The van der Waals surface area contributed by atoms with E-state index in [1.54, 1.807) is 6.92 Å². The summed E-state index contributed by atoms with van der Waals surface area (Å²) in [4.78, 5) is 35.9. The Hall–Kier alpha value is -2.24. The van der Waals surface area contributed by atoms with Gasteiger partial charge in [-0.05, 0) is 38.2 Å². The monoisotopic (exact) mass is 314 g/mol. The standard InChI is InChI=1S/C17H22N4O2/c1-8-9(2)20-14-13(8)15(19-7-18-14)21-16(23)12-6-11(10(3)22)17(12,4)5/h7,11-12H,6H2,1-5H3,(H2,18,19,20,21,23)/t11-,12+/m0/s1. The van der Waals surface area contributed by atoms with Crippen molar-refractivity contribution in [2.45, 2.75) is 41.0 Å². The lowest BCUT2D eigenvalue weighted by Crippen LogP contribution is -2.53. The van der Waals surface area contributed by atoms with Gasteiger partial charge in [0, 0.05) is 17.5 Å². The number of aromatic amines is 1. The third-order valence-corrected chi connectivity index (χ3v) is 5.41. The van der Waals surface area contributed by atoms with Gasteiger partial charge in [0.1, 0.15) is 23.6 Å². The number of carbonyl (C=O) groups is 2. The van der Waals surface area contributed by atoms with E-state index in [0.29, 0.717) is 12.2 Å². The molecule has 2 aromatic heterocycles. The van der Waals surface area contributed by atoms with Crippen LogP contribution in [0.2, 0.25) is 0 Å². The van der Waals surface area contributed by atoms with Gasteiger partial charge in [0.05, 0.1) is 5.39 Å². The fourth-order valence-corrected chi connectivity index (χ4v) is 3.65. The molecule has 0 spiro atoms. The Balaban J connectivity index is 1.86. The van der Waals surface area contributed by atoms with E-state index in [0.717, 1.165) is 22.3 Å². The van der Waals surface area contributed by atoms with Crippen LogP contribution < -0.4 is 5.32 Å². The molecule has 6 nitrogen and oxygen atoms in total. The number of ketones is 1. The van der Waals surface area contributed by atoms with E-state index in [2.05, 4.69) is 20.3 Å². The van der Waals surface area contributed by atoms with Gasteiger partial charge in [-0.3, -0.25) is 9.59 Å². The summed E-state index contributed by atoms with van der Waals surface area (Å²) in [7, 11) is 0. The molecule has 0 aliphatic heterocycles. The number of anilines is 1. The van der Waals surface area contributed by atoms with E-state index in [4.69, 9.17) is 0 Å². The molecule has 122 valence electrons. The van der Waals surface area contributed by atoms with E-state index in [-0.39, 0.29) is 28.9 Å². The molecule has 2 heterocycles. The number of amides is 1. The van der Waals surface area contributed by atoms with Crippen LogP contribution >= 0.6 is 0 Å². The number of hydrogen-bond donors (Lipinski definition) is 2. The molecule has 1 amide bonds. The van der Waals surface area contributed by atoms with Crippen molar-refractivity contribution in [1.29, 1.82) is 0 Å². The average molecular weight is 314 g/mol. The van der Waals surface area contributed by atoms with Crippen molar-refractivity contribution in [1.82, 2.24) is 15.0 Å². The van der Waals surface area contributed by atoms with Gasteiger partial charge in [-0.1, -0.05) is 13.8 Å². The molecular weight excluding hydrogens is 292 g/mol. The Morgan fingerprint density at radius 1 is 1.26 bits per heavy atom. The lowest BCUT2D eigenvalue weighted by molar-refractivity contribution is -0.145. The van der Waals surface area contributed by atoms with E-state index in [1.165, 1.54) is 6.33 Å². The average Bonchev–Trinajstić information content (AvgIpc) is 2.73. The molecule has 0 aromatic carbocycles. The van der Waals surface area contributed by atoms with Gasteiger partial charge in [0.25, 0.3) is 0 Å². The number of aromatic nitrogens is 3. The minimum atomic E-state index is -0.314. The maximum Gasteiger partial charge on any atom is 0.229 e. The van der Waals surface area contributed by atoms with Crippen LogP contribution in [0.5, 0.6) is 0 Å². The van der Waals surface area contributed by atoms with Crippen molar-refractivity contribution in [3.8, 4) is 0 Å².